The summed E-state index contributed by atoms with van der Waals surface area (Å²) in [5.41, 5.74) is 0.453. The molecule has 0 radical (unpaired) electrons. The number of allylic oxidation sites excluding steroid dienone is 2. The van der Waals surface area contributed by atoms with E-state index in [4.69, 9.17) is 0 Å². The first kappa shape index (κ1) is 17.8. The quantitative estimate of drug-likeness (QED) is 0.867. The maximum absolute atomic E-state index is 13.0. The van der Waals surface area contributed by atoms with Gasteiger partial charge in [0.2, 0.25) is 21.6 Å². The number of likely N-dealkylation sites (tertiary alicyclic amines) is 1. The fourth-order valence-electron chi connectivity index (χ4n) is 3.22. The SMILES string of the molecule is CCC(C)NS(=O)(=O)C1=C(N2CCCC2)C(=O)c2ccccc2C1=O. The molecule has 0 amide bonds. The Balaban J connectivity index is 2.19. The maximum atomic E-state index is 13.0. The Hall–Kier alpha value is -1.99. The number of Topliss-reactive ketones (excluding diaryl/α,β-unsaturated/α-hetero) is 2. The van der Waals surface area contributed by atoms with Crippen LogP contribution in [0.4, 0.5) is 0 Å². The Labute approximate surface area is 148 Å². The molecule has 3 rings (SSSR count). The topological polar surface area (TPSA) is 83.6 Å². The third-order valence-corrected chi connectivity index (χ3v) is 6.34. The van der Waals surface area contributed by atoms with Crippen LogP contribution < -0.4 is 4.72 Å². The highest BCUT2D eigenvalue weighted by Gasteiger charge is 2.42. The molecule has 1 heterocycles. The predicted octanol–water partition coefficient (Wildman–Crippen LogP) is 2.09. The van der Waals surface area contributed by atoms with Gasteiger partial charge in [-0.15, -0.1) is 0 Å². The molecule has 1 unspecified atom stereocenters. The molecule has 1 aliphatic heterocycles. The van der Waals surface area contributed by atoms with E-state index in [9.17, 15) is 18.0 Å². The summed E-state index contributed by atoms with van der Waals surface area (Å²) in [6.07, 6.45) is 2.34. The van der Waals surface area contributed by atoms with Crippen LogP contribution >= 0.6 is 0 Å². The highest BCUT2D eigenvalue weighted by Crippen LogP contribution is 2.32. The van der Waals surface area contributed by atoms with Crippen LogP contribution in [-0.4, -0.2) is 44.0 Å². The molecule has 0 aromatic heterocycles. The van der Waals surface area contributed by atoms with E-state index in [0.29, 0.717) is 19.5 Å². The van der Waals surface area contributed by atoms with Crippen molar-refractivity contribution in [2.24, 2.45) is 0 Å². The molecular weight excluding hydrogens is 340 g/mol. The summed E-state index contributed by atoms with van der Waals surface area (Å²) < 4.78 is 28.4. The van der Waals surface area contributed by atoms with E-state index in [1.54, 1.807) is 30.0 Å². The van der Waals surface area contributed by atoms with Crippen molar-refractivity contribution in [3.63, 3.8) is 0 Å². The molecule has 0 spiro atoms. The number of nitrogens with zero attached hydrogens (tertiary/aromatic N) is 1. The number of sulfonamides is 1. The number of carbonyl (C=O) groups excluding carboxylic acids is 2. The van der Waals surface area contributed by atoms with E-state index < -0.39 is 20.7 Å². The Bertz CT molecular complexity index is 852. The smallest absolute Gasteiger partial charge is 0.246 e. The lowest BCUT2D eigenvalue weighted by molar-refractivity contribution is 0.0952. The monoisotopic (exact) mass is 362 g/mol. The van der Waals surface area contributed by atoms with E-state index in [-0.39, 0.29) is 28.6 Å². The fourth-order valence-corrected chi connectivity index (χ4v) is 4.87. The Kier molecular flexibility index (Phi) is 4.79. The molecule has 0 bridgehead atoms. The zero-order chi connectivity index (χ0) is 18.2. The number of hydrogen-bond donors (Lipinski definition) is 1. The largest absolute Gasteiger partial charge is 0.367 e. The van der Waals surface area contributed by atoms with Gasteiger partial charge in [-0.05, 0) is 26.2 Å². The van der Waals surface area contributed by atoms with Crippen LogP contribution in [0, 0.1) is 0 Å². The van der Waals surface area contributed by atoms with E-state index >= 15 is 0 Å². The first-order valence-electron chi connectivity index (χ1n) is 8.56. The van der Waals surface area contributed by atoms with Crippen molar-refractivity contribution in [2.75, 3.05) is 13.1 Å². The van der Waals surface area contributed by atoms with Gasteiger partial charge in [0.1, 0.15) is 5.70 Å². The van der Waals surface area contributed by atoms with E-state index in [0.717, 1.165) is 12.8 Å². The van der Waals surface area contributed by atoms with Gasteiger partial charge >= 0.3 is 0 Å². The molecule has 1 fully saturated rings. The Morgan fingerprint density at radius 2 is 1.64 bits per heavy atom. The first-order valence-corrected chi connectivity index (χ1v) is 10.0. The Morgan fingerprint density at radius 1 is 1.08 bits per heavy atom. The number of ketones is 2. The molecule has 1 saturated heterocycles. The Morgan fingerprint density at radius 3 is 2.20 bits per heavy atom. The number of rotatable bonds is 5. The summed E-state index contributed by atoms with van der Waals surface area (Å²) in [5, 5.41) is 0. The standard InChI is InChI=1S/C18H22N2O4S/c1-3-12(2)19-25(23,24)18-15(20-10-6-7-11-20)16(21)13-8-4-5-9-14(13)17(18)22/h4-5,8-9,12,19H,3,6-7,10-11H2,1-2H3. The minimum absolute atomic E-state index is 0.0250. The van der Waals surface area contributed by atoms with Gasteiger partial charge in [0.05, 0.1) is 0 Å². The molecule has 1 N–H and O–H groups in total. The third-order valence-electron chi connectivity index (χ3n) is 4.71. The van der Waals surface area contributed by atoms with Gasteiger partial charge in [0.15, 0.2) is 4.91 Å². The average Bonchev–Trinajstić information content (AvgIpc) is 3.11. The van der Waals surface area contributed by atoms with Crippen molar-refractivity contribution >= 4 is 21.6 Å². The zero-order valence-electron chi connectivity index (χ0n) is 14.4. The van der Waals surface area contributed by atoms with Crippen molar-refractivity contribution in [1.82, 2.24) is 9.62 Å². The molecule has 2 aliphatic rings. The maximum Gasteiger partial charge on any atom is 0.246 e. The minimum Gasteiger partial charge on any atom is -0.367 e. The molecule has 1 aromatic rings. The van der Waals surface area contributed by atoms with E-state index in [1.807, 2.05) is 6.92 Å². The van der Waals surface area contributed by atoms with Crippen molar-refractivity contribution in [1.29, 1.82) is 0 Å². The molecule has 1 aliphatic carbocycles. The molecule has 25 heavy (non-hydrogen) atoms. The van der Waals surface area contributed by atoms with Gasteiger partial charge in [0.25, 0.3) is 0 Å². The van der Waals surface area contributed by atoms with Gasteiger partial charge in [0, 0.05) is 30.3 Å². The molecule has 7 heteroatoms. The minimum atomic E-state index is -4.09. The van der Waals surface area contributed by atoms with Crippen LogP contribution in [0.5, 0.6) is 0 Å². The van der Waals surface area contributed by atoms with Crippen LogP contribution in [0.1, 0.15) is 53.8 Å². The zero-order valence-corrected chi connectivity index (χ0v) is 15.2. The first-order chi connectivity index (χ1) is 11.9. The molecule has 6 nitrogen and oxygen atoms in total. The number of benzene rings is 1. The lowest BCUT2D eigenvalue weighted by atomic mass is 9.92. The summed E-state index contributed by atoms with van der Waals surface area (Å²) in [4.78, 5) is 27.3. The van der Waals surface area contributed by atoms with Crippen LogP contribution in [0.25, 0.3) is 0 Å². The fraction of sp³-hybridized carbons (Fsp3) is 0.444. The third kappa shape index (κ3) is 3.14. The number of fused-ring (bicyclic) bond motifs is 1. The normalized spacial score (nSPS) is 19.4. The molecule has 1 aromatic carbocycles. The average molecular weight is 362 g/mol. The summed E-state index contributed by atoms with van der Waals surface area (Å²) >= 11 is 0. The molecular formula is C18H22N2O4S. The van der Waals surface area contributed by atoms with Crippen LogP contribution in [-0.2, 0) is 10.0 Å². The second-order valence-electron chi connectivity index (χ2n) is 6.51. The van der Waals surface area contributed by atoms with E-state index in [1.165, 1.54) is 6.07 Å². The second-order valence-corrected chi connectivity index (χ2v) is 8.16. The van der Waals surface area contributed by atoms with Gasteiger partial charge in [-0.25, -0.2) is 13.1 Å². The number of carbonyl (C=O) groups is 2. The summed E-state index contributed by atoms with van der Waals surface area (Å²) in [7, 11) is -4.09. The van der Waals surface area contributed by atoms with Gasteiger partial charge < -0.3 is 4.90 Å². The number of nitrogens with one attached hydrogen (secondary N) is 1. The van der Waals surface area contributed by atoms with Crippen LogP contribution in [0.3, 0.4) is 0 Å². The highest BCUT2D eigenvalue weighted by molar-refractivity contribution is 7.94. The second kappa shape index (κ2) is 6.72. The molecule has 1 atom stereocenters. The lowest BCUT2D eigenvalue weighted by Gasteiger charge is -2.28. The van der Waals surface area contributed by atoms with E-state index in [2.05, 4.69) is 4.72 Å². The predicted molar refractivity (Wildman–Crippen MR) is 94.7 cm³/mol. The van der Waals surface area contributed by atoms with Crippen LogP contribution in [0.2, 0.25) is 0 Å². The molecule has 0 saturated carbocycles. The summed E-state index contributed by atoms with van der Waals surface area (Å²) in [5.74, 6) is -0.991. The summed E-state index contributed by atoms with van der Waals surface area (Å²) in [6, 6.07) is 6.09. The van der Waals surface area contributed by atoms with Crippen molar-refractivity contribution in [3.8, 4) is 0 Å². The van der Waals surface area contributed by atoms with Gasteiger partial charge in [-0.1, -0.05) is 31.2 Å². The van der Waals surface area contributed by atoms with Crippen LogP contribution in [0.15, 0.2) is 34.9 Å². The van der Waals surface area contributed by atoms with Crippen molar-refractivity contribution in [3.05, 3.63) is 46.0 Å². The van der Waals surface area contributed by atoms with Gasteiger partial charge in [-0.2, -0.15) is 0 Å². The van der Waals surface area contributed by atoms with Crippen molar-refractivity contribution < 1.29 is 18.0 Å². The highest BCUT2D eigenvalue weighted by atomic mass is 32.2. The number of hydrogen-bond acceptors (Lipinski definition) is 5. The molecule has 134 valence electrons. The summed E-state index contributed by atoms with van der Waals surface area (Å²) in [6.45, 7) is 4.75. The van der Waals surface area contributed by atoms with Crippen molar-refractivity contribution in [2.45, 2.75) is 39.2 Å². The lowest BCUT2D eigenvalue weighted by Crippen LogP contribution is -2.41. The van der Waals surface area contributed by atoms with Gasteiger partial charge in [-0.3, -0.25) is 9.59 Å².